The largest absolute Gasteiger partial charge is 0.385 e. The van der Waals surface area contributed by atoms with Gasteiger partial charge >= 0.3 is 0 Å². The summed E-state index contributed by atoms with van der Waals surface area (Å²) in [4.78, 5) is 34.3. The standard InChI is InChI=1S/C19H21N3O3/c1-13(23)15-6-8-16(9-7-15)20-11-10-19(25)22-18-5-3-4-17(12-18)21-14(2)24/h3-9,12,20H,10-11H2,1-2H3,(H,21,24)(H,22,25). The molecule has 2 rings (SSSR count). The number of carbonyl (C=O) groups is 3. The number of rotatable bonds is 7. The van der Waals surface area contributed by atoms with Gasteiger partial charge in [-0.2, -0.15) is 0 Å². The highest BCUT2D eigenvalue weighted by Crippen LogP contribution is 2.15. The number of hydrogen-bond acceptors (Lipinski definition) is 4. The van der Waals surface area contributed by atoms with Gasteiger partial charge in [0.15, 0.2) is 5.78 Å². The molecule has 2 amide bonds. The van der Waals surface area contributed by atoms with E-state index in [9.17, 15) is 14.4 Å². The van der Waals surface area contributed by atoms with Gasteiger partial charge in [0, 0.05) is 42.5 Å². The lowest BCUT2D eigenvalue weighted by Crippen LogP contribution is -2.16. The molecule has 0 spiro atoms. The van der Waals surface area contributed by atoms with Crippen LogP contribution in [0.4, 0.5) is 17.1 Å². The van der Waals surface area contributed by atoms with E-state index in [0.29, 0.717) is 29.9 Å². The van der Waals surface area contributed by atoms with Gasteiger partial charge in [-0.05, 0) is 49.4 Å². The molecule has 130 valence electrons. The van der Waals surface area contributed by atoms with Crippen molar-refractivity contribution < 1.29 is 14.4 Å². The Balaban J connectivity index is 1.80. The smallest absolute Gasteiger partial charge is 0.226 e. The molecule has 0 aliphatic rings. The van der Waals surface area contributed by atoms with Crippen molar-refractivity contribution >= 4 is 34.7 Å². The number of ketones is 1. The lowest BCUT2D eigenvalue weighted by molar-refractivity contribution is -0.116. The van der Waals surface area contributed by atoms with Gasteiger partial charge in [0.25, 0.3) is 0 Å². The second-order valence-corrected chi connectivity index (χ2v) is 5.62. The topological polar surface area (TPSA) is 87.3 Å². The highest BCUT2D eigenvalue weighted by molar-refractivity contribution is 5.94. The van der Waals surface area contributed by atoms with E-state index >= 15 is 0 Å². The summed E-state index contributed by atoms with van der Waals surface area (Å²) in [5.74, 6) is -0.274. The van der Waals surface area contributed by atoms with Gasteiger partial charge in [0.2, 0.25) is 11.8 Å². The normalized spacial score (nSPS) is 10.0. The van der Waals surface area contributed by atoms with E-state index in [-0.39, 0.29) is 17.6 Å². The Kier molecular flexibility index (Phi) is 6.28. The second kappa shape index (κ2) is 8.63. The molecule has 0 fully saturated rings. The van der Waals surface area contributed by atoms with Gasteiger partial charge in [-0.3, -0.25) is 14.4 Å². The minimum absolute atomic E-state index is 0.0208. The highest BCUT2D eigenvalue weighted by Gasteiger charge is 2.04. The van der Waals surface area contributed by atoms with Crippen LogP contribution in [0.1, 0.15) is 30.6 Å². The summed E-state index contributed by atoms with van der Waals surface area (Å²) in [6.07, 6.45) is 0.291. The Hall–Kier alpha value is -3.15. The van der Waals surface area contributed by atoms with Crippen molar-refractivity contribution in [3.63, 3.8) is 0 Å². The van der Waals surface area contributed by atoms with Crippen molar-refractivity contribution in [3.8, 4) is 0 Å². The minimum atomic E-state index is -0.163. The molecule has 0 aliphatic carbocycles. The molecule has 0 unspecified atom stereocenters. The van der Waals surface area contributed by atoms with Gasteiger partial charge in [-0.1, -0.05) is 6.07 Å². The van der Waals surface area contributed by atoms with Crippen LogP contribution in [0.15, 0.2) is 48.5 Å². The van der Waals surface area contributed by atoms with Crippen molar-refractivity contribution in [2.45, 2.75) is 20.3 Å². The maximum atomic E-state index is 12.0. The second-order valence-electron chi connectivity index (χ2n) is 5.62. The van der Waals surface area contributed by atoms with Gasteiger partial charge in [0.1, 0.15) is 0 Å². The SMILES string of the molecule is CC(=O)Nc1cccc(NC(=O)CCNc2ccc(C(C)=O)cc2)c1. The molecule has 0 bridgehead atoms. The zero-order valence-electron chi connectivity index (χ0n) is 14.3. The van der Waals surface area contributed by atoms with E-state index < -0.39 is 0 Å². The Morgan fingerprint density at radius 3 is 2.08 bits per heavy atom. The molecule has 6 heteroatoms. The Labute approximate surface area is 146 Å². The predicted octanol–water partition coefficient (Wildman–Crippen LogP) is 3.29. The number of Topliss-reactive ketones (excluding diaryl/α,β-unsaturated/α-hetero) is 1. The maximum absolute atomic E-state index is 12.0. The van der Waals surface area contributed by atoms with E-state index in [1.54, 1.807) is 36.4 Å². The minimum Gasteiger partial charge on any atom is -0.385 e. The molecule has 0 atom stereocenters. The Morgan fingerprint density at radius 2 is 1.48 bits per heavy atom. The molecule has 2 aromatic rings. The van der Waals surface area contributed by atoms with Crippen molar-refractivity contribution in [3.05, 3.63) is 54.1 Å². The molecule has 0 aromatic heterocycles. The first kappa shape index (κ1) is 18.2. The lowest BCUT2D eigenvalue weighted by atomic mass is 10.1. The summed E-state index contributed by atoms with van der Waals surface area (Å²) in [5.41, 5.74) is 2.77. The molecular weight excluding hydrogens is 318 g/mol. The fraction of sp³-hybridized carbons (Fsp3) is 0.211. The van der Waals surface area contributed by atoms with Crippen molar-refractivity contribution in [1.82, 2.24) is 0 Å². The van der Waals surface area contributed by atoms with E-state index in [4.69, 9.17) is 0 Å². The fourth-order valence-corrected chi connectivity index (χ4v) is 2.24. The van der Waals surface area contributed by atoms with Crippen molar-refractivity contribution in [2.24, 2.45) is 0 Å². The quantitative estimate of drug-likeness (QED) is 0.676. The molecule has 3 N–H and O–H groups in total. The number of hydrogen-bond donors (Lipinski definition) is 3. The molecular formula is C19H21N3O3. The fourth-order valence-electron chi connectivity index (χ4n) is 2.24. The molecule has 2 aromatic carbocycles. The predicted molar refractivity (Wildman–Crippen MR) is 98.9 cm³/mol. The number of nitrogens with one attached hydrogen (secondary N) is 3. The summed E-state index contributed by atoms with van der Waals surface area (Å²) in [6.45, 7) is 3.42. The van der Waals surface area contributed by atoms with Gasteiger partial charge in [-0.15, -0.1) is 0 Å². The van der Waals surface area contributed by atoms with Crippen LogP contribution in [0.3, 0.4) is 0 Å². The van der Waals surface area contributed by atoms with Crippen LogP contribution in [-0.4, -0.2) is 24.1 Å². The first-order chi connectivity index (χ1) is 11.9. The molecule has 0 radical (unpaired) electrons. The van der Waals surface area contributed by atoms with Crippen LogP contribution in [0.2, 0.25) is 0 Å². The molecule has 6 nitrogen and oxygen atoms in total. The lowest BCUT2D eigenvalue weighted by Gasteiger charge is -2.09. The average molecular weight is 339 g/mol. The summed E-state index contributed by atoms with van der Waals surface area (Å²) in [5, 5.41) is 8.60. The van der Waals surface area contributed by atoms with E-state index in [0.717, 1.165) is 5.69 Å². The van der Waals surface area contributed by atoms with E-state index in [1.807, 2.05) is 12.1 Å². The Morgan fingerprint density at radius 1 is 0.840 bits per heavy atom. The number of carbonyl (C=O) groups excluding carboxylic acids is 3. The summed E-state index contributed by atoms with van der Waals surface area (Å²) < 4.78 is 0. The van der Waals surface area contributed by atoms with Crippen LogP contribution in [0.25, 0.3) is 0 Å². The summed E-state index contributed by atoms with van der Waals surface area (Å²) in [7, 11) is 0. The molecule has 25 heavy (non-hydrogen) atoms. The van der Waals surface area contributed by atoms with Gasteiger partial charge in [0.05, 0.1) is 0 Å². The zero-order valence-corrected chi connectivity index (χ0v) is 14.3. The summed E-state index contributed by atoms with van der Waals surface area (Å²) >= 11 is 0. The monoisotopic (exact) mass is 339 g/mol. The number of anilines is 3. The summed E-state index contributed by atoms with van der Waals surface area (Å²) in [6, 6.07) is 14.1. The third-order valence-corrected chi connectivity index (χ3v) is 3.44. The van der Waals surface area contributed by atoms with Crippen molar-refractivity contribution in [1.29, 1.82) is 0 Å². The maximum Gasteiger partial charge on any atom is 0.226 e. The number of benzene rings is 2. The number of amides is 2. The molecule has 0 saturated heterocycles. The van der Waals surface area contributed by atoms with Crippen LogP contribution >= 0.6 is 0 Å². The van der Waals surface area contributed by atoms with Crippen LogP contribution in [0, 0.1) is 0 Å². The van der Waals surface area contributed by atoms with E-state index in [2.05, 4.69) is 16.0 Å². The highest BCUT2D eigenvalue weighted by atomic mass is 16.2. The molecule has 0 aliphatic heterocycles. The third kappa shape index (κ3) is 6.10. The molecule has 0 saturated carbocycles. The first-order valence-corrected chi connectivity index (χ1v) is 7.96. The van der Waals surface area contributed by atoms with Crippen molar-refractivity contribution in [2.75, 3.05) is 22.5 Å². The van der Waals surface area contributed by atoms with E-state index in [1.165, 1.54) is 13.8 Å². The zero-order chi connectivity index (χ0) is 18.2. The average Bonchev–Trinajstić information content (AvgIpc) is 2.55. The first-order valence-electron chi connectivity index (χ1n) is 7.96. The van der Waals surface area contributed by atoms with Crippen LogP contribution < -0.4 is 16.0 Å². The third-order valence-electron chi connectivity index (χ3n) is 3.44. The Bertz CT molecular complexity index is 770. The van der Waals surface area contributed by atoms with Gasteiger partial charge in [-0.25, -0.2) is 0 Å². The molecule has 0 heterocycles. The van der Waals surface area contributed by atoms with Gasteiger partial charge < -0.3 is 16.0 Å². The van der Waals surface area contributed by atoms with Crippen LogP contribution in [-0.2, 0) is 9.59 Å². The van der Waals surface area contributed by atoms with Crippen LogP contribution in [0.5, 0.6) is 0 Å².